The maximum atomic E-state index is 5.64. The fourth-order valence-electron chi connectivity index (χ4n) is 3.24. The van der Waals surface area contributed by atoms with E-state index in [1.54, 1.807) is 21.3 Å². The van der Waals surface area contributed by atoms with Crippen LogP contribution in [0.5, 0.6) is 0 Å². The number of rotatable bonds is 12. The number of ether oxygens (including phenoxy) is 3. The molecule has 132 valence electrons. The molecule has 0 aliphatic carbocycles. The first-order valence-electron chi connectivity index (χ1n) is 8.85. The molecule has 1 aromatic carbocycles. The van der Waals surface area contributed by atoms with Crippen LogP contribution in [-0.4, -0.2) is 27.3 Å². The van der Waals surface area contributed by atoms with E-state index in [1.165, 1.54) is 43.2 Å². The average molecular weight is 322 g/mol. The third kappa shape index (κ3) is 5.91. The number of unbranched alkanes of at least 4 members (excludes halogenated alkanes) is 5. The summed E-state index contributed by atoms with van der Waals surface area (Å²) in [7, 11) is 4.95. The minimum absolute atomic E-state index is 0.0635. The van der Waals surface area contributed by atoms with E-state index in [1.807, 2.05) is 0 Å². The molecule has 1 atom stereocenters. The van der Waals surface area contributed by atoms with Gasteiger partial charge in [0.1, 0.15) is 0 Å². The number of aryl methyl sites for hydroxylation is 1. The molecule has 0 N–H and O–H groups in total. The molecule has 0 bridgehead atoms. The van der Waals surface area contributed by atoms with Crippen LogP contribution >= 0.6 is 0 Å². The minimum Gasteiger partial charge on any atom is -0.330 e. The Balaban J connectivity index is 2.81. The fourth-order valence-corrected chi connectivity index (χ4v) is 3.24. The van der Waals surface area contributed by atoms with Gasteiger partial charge in [0, 0.05) is 21.3 Å². The Morgan fingerprint density at radius 1 is 0.913 bits per heavy atom. The molecule has 1 unspecified atom stereocenters. The van der Waals surface area contributed by atoms with Gasteiger partial charge in [-0.3, -0.25) is 0 Å². The summed E-state index contributed by atoms with van der Waals surface area (Å²) in [5.74, 6) is -0.953. The summed E-state index contributed by atoms with van der Waals surface area (Å²) in [5, 5.41) is 0. The summed E-state index contributed by atoms with van der Waals surface area (Å²) in [6.07, 6.45) is 8.64. The standard InChI is InChI=1S/C20H34O3/c1-6-7-8-9-10-11-15-19(20(21-3,22-4)23-5)18-14-12-13-17(2)16-18/h12-14,16,19H,6-11,15H2,1-5H3. The van der Waals surface area contributed by atoms with Crippen LogP contribution in [0, 0.1) is 6.92 Å². The molecule has 1 aromatic rings. The molecule has 0 heterocycles. The van der Waals surface area contributed by atoms with E-state index < -0.39 is 5.97 Å². The van der Waals surface area contributed by atoms with Crippen LogP contribution in [0.2, 0.25) is 0 Å². The van der Waals surface area contributed by atoms with E-state index in [4.69, 9.17) is 14.2 Å². The van der Waals surface area contributed by atoms with Crippen molar-refractivity contribution in [2.75, 3.05) is 21.3 Å². The summed E-state index contributed by atoms with van der Waals surface area (Å²) in [6, 6.07) is 8.54. The molecule has 0 radical (unpaired) electrons. The van der Waals surface area contributed by atoms with Gasteiger partial charge in [-0.05, 0) is 18.9 Å². The van der Waals surface area contributed by atoms with E-state index in [2.05, 4.69) is 38.1 Å². The zero-order valence-electron chi connectivity index (χ0n) is 15.6. The van der Waals surface area contributed by atoms with Gasteiger partial charge in [0.25, 0.3) is 5.97 Å². The molecular formula is C20H34O3. The smallest absolute Gasteiger partial charge is 0.289 e. The molecule has 0 aliphatic rings. The molecular weight excluding hydrogens is 288 g/mol. The molecule has 0 spiro atoms. The Labute approximate surface area is 142 Å². The van der Waals surface area contributed by atoms with Crippen LogP contribution < -0.4 is 0 Å². The highest BCUT2D eigenvalue weighted by Gasteiger charge is 2.40. The third-order valence-electron chi connectivity index (χ3n) is 4.57. The SMILES string of the molecule is CCCCCCCCC(c1cccc(C)c1)C(OC)(OC)OC. The van der Waals surface area contributed by atoms with Crippen molar-refractivity contribution >= 4 is 0 Å². The highest BCUT2D eigenvalue weighted by Crippen LogP contribution is 2.37. The second kappa shape index (κ2) is 10.8. The molecule has 23 heavy (non-hydrogen) atoms. The van der Waals surface area contributed by atoms with E-state index in [-0.39, 0.29) is 5.92 Å². The maximum absolute atomic E-state index is 5.64. The van der Waals surface area contributed by atoms with Gasteiger partial charge in [0.15, 0.2) is 0 Å². The first-order chi connectivity index (χ1) is 11.1. The van der Waals surface area contributed by atoms with Crippen molar-refractivity contribution in [3.63, 3.8) is 0 Å². The first kappa shape index (κ1) is 20.1. The van der Waals surface area contributed by atoms with Crippen molar-refractivity contribution < 1.29 is 14.2 Å². The molecule has 0 saturated heterocycles. The summed E-state index contributed by atoms with van der Waals surface area (Å²) in [6.45, 7) is 4.36. The lowest BCUT2D eigenvalue weighted by Crippen LogP contribution is -2.42. The van der Waals surface area contributed by atoms with Crippen LogP contribution in [-0.2, 0) is 14.2 Å². The van der Waals surface area contributed by atoms with Crippen molar-refractivity contribution in [1.29, 1.82) is 0 Å². The molecule has 1 rings (SSSR count). The zero-order chi connectivity index (χ0) is 17.1. The Bertz CT molecular complexity index is 418. The van der Waals surface area contributed by atoms with Gasteiger partial charge in [-0.15, -0.1) is 0 Å². The van der Waals surface area contributed by atoms with E-state index in [9.17, 15) is 0 Å². The largest absolute Gasteiger partial charge is 0.330 e. The highest BCUT2D eigenvalue weighted by atomic mass is 16.9. The Morgan fingerprint density at radius 3 is 2.09 bits per heavy atom. The number of methoxy groups -OCH3 is 3. The number of hydrogen-bond donors (Lipinski definition) is 0. The Morgan fingerprint density at radius 2 is 1.52 bits per heavy atom. The van der Waals surface area contributed by atoms with Crippen molar-refractivity contribution in [2.24, 2.45) is 0 Å². The summed E-state index contributed by atoms with van der Waals surface area (Å²) >= 11 is 0. The fraction of sp³-hybridized carbons (Fsp3) is 0.700. The summed E-state index contributed by atoms with van der Waals surface area (Å²) in [5.41, 5.74) is 2.46. The lowest BCUT2D eigenvalue weighted by Gasteiger charge is -2.37. The second-order valence-electron chi connectivity index (χ2n) is 6.24. The van der Waals surface area contributed by atoms with E-state index >= 15 is 0 Å². The molecule has 0 aliphatic heterocycles. The van der Waals surface area contributed by atoms with Crippen LogP contribution in [0.3, 0.4) is 0 Å². The molecule has 0 aromatic heterocycles. The van der Waals surface area contributed by atoms with Gasteiger partial charge in [0.2, 0.25) is 0 Å². The van der Waals surface area contributed by atoms with Crippen LogP contribution in [0.15, 0.2) is 24.3 Å². The predicted molar refractivity (Wildman–Crippen MR) is 95.7 cm³/mol. The molecule has 0 amide bonds. The lowest BCUT2D eigenvalue weighted by molar-refractivity contribution is -0.365. The van der Waals surface area contributed by atoms with Crippen molar-refractivity contribution in [1.82, 2.24) is 0 Å². The van der Waals surface area contributed by atoms with Crippen LogP contribution in [0.25, 0.3) is 0 Å². The highest BCUT2D eigenvalue weighted by molar-refractivity contribution is 5.26. The molecule has 0 fully saturated rings. The summed E-state index contributed by atoms with van der Waals surface area (Å²) in [4.78, 5) is 0. The van der Waals surface area contributed by atoms with Gasteiger partial charge in [0.05, 0.1) is 5.92 Å². The molecule has 0 saturated carbocycles. The third-order valence-corrected chi connectivity index (χ3v) is 4.57. The van der Waals surface area contributed by atoms with E-state index in [0.717, 1.165) is 12.8 Å². The lowest BCUT2D eigenvalue weighted by atomic mass is 9.89. The minimum atomic E-state index is -1.02. The van der Waals surface area contributed by atoms with Crippen LogP contribution in [0.4, 0.5) is 0 Å². The normalized spacial score (nSPS) is 13.3. The molecule has 3 heteroatoms. The second-order valence-corrected chi connectivity index (χ2v) is 6.24. The average Bonchev–Trinajstić information content (AvgIpc) is 2.57. The number of benzene rings is 1. The zero-order valence-corrected chi connectivity index (χ0v) is 15.6. The van der Waals surface area contributed by atoms with Gasteiger partial charge in [-0.1, -0.05) is 75.3 Å². The number of hydrogen-bond acceptors (Lipinski definition) is 3. The Hall–Kier alpha value is -0.900. The van der Waals surface area contributed by atoms with Gasteiger partial charge >= 0.3 is 0 Å². The van der Waals surface area contributed by atoms with Crippen molar-refractivity contribution in [2.45, 2.75) is 70.7 Å². The molecule has 3 nitrogen and oxygen atoms in total. The van der Waals surface area contributed by atoms with Gasteiger partial charge < -0.3 is 14.2 Å². The first-order valence-corrected chi connectivity index (χ1v) is 8.85. The Kier molecular flexibility index (Phi) is 9.46. The van der Waals surface area contributed by atoms with Crippen molar-refractivity contribution in [3.05, 3.63) is 35.4 Å². The van der Waals surface area contributed by atoms with Crippen LogP contribution in [0.1, 0.15) is 68.9 Å². The quantitative estimate of drug-likeness (QED) is 0.380. The topological polar surface area (TPSA) is 27.7 Å². The monoisotopic (exact) mass is 322 g/mol. The summed E-state index contributed by atoms with van der Waals surface area (Å²) < 4.78 is 16.9. The van der Waals surface area contributed by atoms with Gasteiger partial charge in [-0.2, -0.15) is 0 Å². The predicted octanol–water partition coefficient (Wildman–Crippen LogP) is 5.42. The van der Waals surface area contributed by atoms with E-state index in [0.29, 0.717) is 0 Å². The van der Waals surface area contributed by atoms with Crippen molar-refractivity contribution in [3.8, 4) is 0 Å². The van der Waals surface area contributed by atoms with Gasteiger partial charge in [-0.25, -0.2) is 0 Å². The maximum Gasteiger partial charge on any atom is 0.289 e.